The minimum atomic E-state index is -4.39. The predicted octanol–water partition coefficient (Wildman–Crippen LogP) is 5.53. The van der Waals surface area contributed by atoms with Crippen molar-refractivity contribution in [3.8, 4) is 10.6 Å². The second-order valence-electron chi connectivity index (χ2n) is 9.26. The highest BCUT2D eigenvalue weighted by molar-refractivity contribution is 7.15. The van der Waals surface area contributed by atoms with Crippen molar-refractivity contribution in [2.75, 3.05) is 17.2 Å². The first kappa shape index (κ1) is 27.1. The molecule has 0 radical (unpaired) electrons. The van der Waals surface area contributed by atoms with Crippen molar-refractivity contribution in [3.05, 3.63) is 40.6 Å². The summed E-state index contributed by atoms with van der Waals surface area (Å²) in [4.78, 5) is 19.0. The molecule has 3 atom stereocenters. The van der Waals surface area contributed by atoms with E-state index in [1.165, 1.54) is 11.3 Å². The summed E-state index contributed by atoms with van der Waals surface area (Å²) >= 11 is 1.53. The van der Waals surface area contributed by atoms with E-state index in [0.717, 1.165) is 34.8 Å². The summed E-state index contributed by atoms with van der Waals surface area (Å²) in [6, 6.07) is -0.0240. The maximum absolute atomic E-state index is 12.9. The van der Waals surface area contributed by atoms with Crippen molar-refractivity contribution in [3.63, 3.8) is 0 Å². The highest BCUT2D eigenvalue weighted by Crippen LogP contribution is 2.40. The van der Waals surface area contributed by atoms with E-state index in [0.29, 0.717) is 29.3 Å². The Hall–Kier alpha value is -2.99. The lowest BCUT2D eigenvalue weighted by Crippen LogP contribution is -2.24. The van der Waals surface area contributed by atoms with Crippen LogP contribution in [0.2, 0.25) is 0 Å². The number of aryl methyl sites for hydroxylation is 3. The standard InChI is InChI=1S/C25H32F3N7OS/c1-5-7-17-18(6-2)37-23(33-17)19-14(3)31-24(30-13-25(26,27)28)34-21(19)32-16-9-8-15(12-16)20(36)22-29-10-11-35(22)4/h5,7,10-11,15-16,20,36H,6,8-9,12-13H2,1-4H3,(H2,30,31,32,34)/b7-5-. The number of aromatic nitrogens is 5. The van der Waals surface area contributed by atoms with E-state index in [1.807, 2.05) is 30.7 Å². The Labute approximate surface area is 218 Å². The maximum Gasteiger partial charge on any atom is 0.405 e. The lowest BCUT2D eigenvalue weighted by molar-refractivity contribution is -0.115. The molecule has 1 aliphatic carbocycles. The minimum Gasteiger partial charge on any atom is -0.385 e. The van der Waals surface area contributed by atoms with Crippen LogP contribution >= 0.6 is 11.3 Å². The van der Waals surface area contributed by atoms with Gasteiger partial charge in [0.05, 0.1) is 17.0 Å². The summed E-state index contributed by atoms with van der Waals surface area (Å²) in [5.41, 5.74) is 2.09. The third-order valence-electron chi connectivity index (χ3n) is 6.51. The Morgan fingerprint density at radius 3 is 2.70 bits per heavy atom. The first-order chi connectivity index (χ1) is 17.6. The van der Waals surface area contributed by atoms with Gasteiger partial charge >= 0.3 is 6.18 Å². The van der Waals surface area contributed by atoms with Crippen LogP contribution < -0.4 is 10.6 Å². The molecule has 200 valence electrons. The van der Waals surface area contributed by atoms with Crippen LogP contribution in [0.15, 0.2) is 18.5 Å². The van der Waals surface area contributed by atoms with Gasteiger partial charge in [-0.2, -0.15) is 18.2 Å². The third-order valence-corrected chi connectivity index (χ3v) is 7.74. The number of rotatable bonds is 9. The summed E-state index contributed by atoms with van der Waals surface area (Å²) in [7, 11) is 1.85. The molecule has 0 aliphatic heterocycles. The quantitative estimate of drug-likeness (QED) is 0.331. The van der Waals surface area contributed by atoms with Crippen LogP contribution in [0, 0.1) is 12.8 Å². The van der Waals surface area contributed by atoms with Crippen molar-refractivity contribution in [2.24, 2.45) is 13.0 Å². The van der Waals surface area contributed by atoms with Gasteiger partial charge in [-0.05, 0) is 51.5 Å². The zero-order valence-electron chi connectivity index (χ0n) is 21.3. The molecule has 1 saturated carbocycles. The first-order valence-electron chi connectivity index (χ1n) is 12.3. The van der Waals surface area contributed by atoms with Gasteiger partial charge in [0.1, 0.15) is 29.3 Å². The highest BCUT2D eigenvalue weighted by Gasteiger charge is 2.34. The van der Waals surface area contributed by atoms with Gasteiger partial charge < -0.3 is 20.3 Å². The number of hydrogen-bond donors (Lipinski definition) is 3. The zero-order chi connectivity index (χ0) is 26.7. The lowest BCUT2D eigenvalue weighted by Gasteiger charge is -2.20. The molecular formula is C25H32F3N7OS. The van der Waals surface area contributed by atoms with Crippen LogP contribution in [0.1, 0.15) is 61.3 Å². The number of allylic oxidation sites excluding steroid dienone is 1. The van der Waals surface area contributed by atoms with Gasteiger partial charge in [-0.15, -0.1) is 11.3 Å². The van der Waals surface area contributed by atoms with Crippen molar-refractivity contribution >= 4 is 29.2 Å². The van der Waals surface area contributed by atoms with E-state index < -0.39 is 18.8 Å². The highest BCUT2D eigenvalue weighted by atomic mass is 32.1. The normalized spacial score (nSPS) is 19.0. The number of imidazole rings is 1. The summed E-state index contributed by atoms with van der Waals surface area (Å²) in [5.74, 6) is 0.970. The molecule has 0 spiro atoms. The van der Waals surface area contributed by atoms with Crippen LogP contribution in [0.3, 0.4) is 0 Å². The molecule has 3 heterocycles. The molecule has 0 bridgehead atoms. The summed E-state index contributed by atoms with van der Waals surface area (Å²) < 4.78 is 40.4. The van der Waals surface area contributed by atoms with Crippen molar-refractivity contribution < 1.29 is 18.3 Å². The number of aliphatic hydroxyl groups is 1. The molecule has 8 nitrogen and oxygen atoms in total. The summed E-state index contributed by atoms with van der Waals surface area (Å²) in [6.07, 6.45) is 5.29. The third kappa shape index (κ3) is 6.30. The molecule has 1 fully saturated rings. The maximum atomic E-state index is 12.9. The molecule has 0 amide bonds. The Morgan fingerprint density at radius 2 is 2.05 bits per heavy atom. The van der Waals surface area contributed by atoms with Crippen LogP contribution in [0.25, 0.3) is 16.6 Å². The SMILES string of the molecule is C/C=C\c1nc(-c2c(C)nc(NCC(F)(F)F)nc2NC2CCC(C(O)c3nccn3C)C2)sc1CC. The molecule has 0 saturated heterocycles. The molecule has 3 aromatic heterocycles. The van der Waals surface area contributed by atoms with Gasteiger partial charge in [0.15, 0.2) is 0 Å². The molecule has 3 aromatic rings. The Balaban J connectivity index is 1.64. The molecular weight excluding hydrogens is 503 g/mol. The van der Waals surface area contributed by atoms with E-state index in [2.05, 4.69) is 32.5 Å². The second kappa shape index (κ2) is 11.2. The Kier molecular flexibility index (Phi) is 8.17. The van der Waals surface area contributed by atoms with Gasteiger partial charge in [0, 0.05) is 30.4 Å². The zero-order valence-corrected chi connectivity index (χ0v) is 22.1. The largest absolute Gasteiger partial charge is 0.405 e. The average molecular weight is 536 g/mol. The van der Waals surface area contributed by atoms with Crippen LogP contribution in [-0.2, 0) is 13.5 Å². The number of alkyl halides is 3. The lowest BCUT2D eigenvalue weighted by atomic mass is 10.00. The molecule has 3 N–H and O–H groups in total. The fraction of sp³-hybridized carbons (Fsp3) is 0.520. The fourth-order valence-corrected chi connectivity index (χ4v) is 5.79. The molecule has 0 aromatic carbocycles. The number of anilines is 2. The van der Waals surface area contributed by atoms with Crippen LogP contribution in [-0.4, -0.2) is 48.4 Å². The van der Waals surface area contributed by atoms with Crippen molar-refractivity contribution in [1.29, 1.82) is 0 Å². The molecule has 12 heteroatoms. The average Bonchev–Trinajstić information content (AvgIpc) is 3.57. The molecule has 1 aliphatic rings. The van der Waals surface area contributed by atoms with E-state index >= 15 is 0 Å². The predicted molar refractivity (Wildman–Crippen MR) is 139 cm³/mol. The van der Waals surface area contributed by atoms with E-state index in [1.54, 1.807) is 19.3 Å². The number of thiazole rings is 1. The van der Waals surface area contributed by atoms with Gasteiger partial charge in [-0.3, -0.25) is 0 Å². The molecule has 37 heavy (non-hydrogen) atoms. The summed E-state index contributed by atoms with van der Waals surface area (Å²) in [6.45, 7) is 4.51. The van der Waals surface area contributed by atoms with Gasteiger partial charge in [-0.1, -0.05) is 13.0 Å². The van der Waals surface area contributed by atoms with E-state index in [4.69, 9.17) is 4.98 Å². The number of aliphatic hydroxyl groups excluding tert-OH is 1. The van der Waals surface area contributed by atoms with Crippen LogP contribution in [0.5, 0.6) is 0 Å². The van der Waals surface area contributed by atoms with Crippen molar-refractivity contribution in [2.45, 2.75) is 64.8 Å². The Bertz CT molecular complexity index is 1250. The van der Waals surface area contributed by atoms with Gasteiger partial charge in [0.25, 0.3) is 0 Å². The van der Waals surface area contributed by atoms with E-state index in [-0.39, 0.29) is 17.9 Å². The Morgan fingerprint density at radius 1 is 1.27 bits per heavy atom. The van der Waals surface area contributed by atoms with Gasteiger partial charge in [-0.25, -0.2) is 15.0 Å². The number of nitrogens with zero attached hydrogens (tertiary/aromatic N) is 5. The number of nitrogens with one attached hydrogen (secondary N) is 2. The molecule has 3 unspecified atom stereocenters. The van der Waals surface area contributed by atoms with Crippen molar-refractivity contribution in [1.82, 2.24) is 24.5 Å². The van der Waals surface area contributed by atoms with Gasteiger partial charge in [0.2, 0.25) is 5.95 Å². The monoisotopic (exact) mass is 535 g/mol. The minimum absolute atomic E-state index is 0.000611. The fourth-order valence-electron chi connectivity index (χ4n) is 4.70. The second-order valence-corrected chi connectivity index (χ2v) is 10.3. The number of hydrogen-bond acceptors (Lipinski definition) is 8. The topological polar surface area (TPSA) is 101 Å². The smallest absolute Gasteiger partial charge is 0.385 e. The van der Waals surface area contributed by atoms with Crippen LogP contribution in [0.4, 0.5) is 24.9 Å². The summed E-state index contributed by atoms with van der Waals surface area (Å²) in [5, 5.41) is 17.4. The van der Waals surface area contributed by atoms with E-state index in [9.17, 15) is 18.3 Å². The first-order valence-corrected chi connectivity index (χ1v) is 13.1. The number of halogens is 3. The molecule has 4 rings (SSSR count).